The molecule has 1 atom stereocenters. The number of hydrogen-bond acceptors (Lipinski definition) is 3. The van der Waals surface area contributed by atoms with Crippen molar-refractivity contribution in [3.05, 3.63) is 23.5 Å². The molecular formula is C15H22N4. The minimum Gasteiger partial charge on any atom is -0.373 e. The van der Waals surface area contributed by atoms with Crippen molar-refractivity contribution in [3.63, 3.8) is 0 Å². The molecule has 0 spiro atoms. The highest BCUT2D eigenvalue weighted by molar-refractivity contribution is 5.54. The third kappa shape index (κ3) is 2.09. The molecule has 2 aromatic heterocycles. The maximum atomic E-state index is 4.85. The highest BCUT2D eigenvalue weighted by Crippen LogP contribution is 2.37. The van der Waals surface area contributed by atoms with E-state index in [1.165, 1.54) is 31.4 Å². The van der Waals surface area contributed by atoms with Crippen molar-refractivity contribution in [2.24, 2.45) is 5.92 Å². The predicted molar refractivity (Wildman–Crippen MR) is 77.6 cm³/mol. The average Bonchev–Trinajstić information content (AvgIpc) is 3.07. The summed E-state index contributed by atoms with van der Waals surface area (Å²) in [4.78, 5) is 4.85. The Kier molecular flexibility index (Phi) is 3.17. The fraction of sp³-hybridized carbons (Fsp3) is 0.600. The van der Waals surface area contributed by atoms with E-state index >= 15 is 0 Å². The second-order valence-corrected chi connectivity index (χ2v) is 5.71. The number of hydrogen-bond donors (Lipinski definition) is 1. The first-order valence-corrected chi connectivity index (χ1v) is 7.23. The van der Waals surface area contributed by atoms with Crippen LogP contribution in [-0.2, 0) is 0 Å². The molecule has 1 saturated carbocycles. The molecule has 0 aliphatic heterocycles. The summed E-state index contributed by atoms with van der Waals surface area (Å²) in [5, 5.41) is 7.61. The van der Waals surface area contributed by atoms with E-state index in [0.29, 0.717) is 5.92 Å². The van der Waals surface area contributed by atoms with E-state index in [1.54, 1.807) is 0 Å². The fourth-order valence-electron chi connectivity index (χ4n) is 3.20. The second kappa shape index (κ2) is 4.83. The Bertz CT molecular complexity index is 581. The highest BCUT2D eigenvalue weighted by Gasteiger charge is 2.24. The second-order valence-electron chi connectivity index (χ2n) is 5.71. The van der Waals surface area contributed by atoms with Crippen LogP contribution < -0.4 is 5.32 Å². The molecule has 1 fully saturated rings. The molecule has 2 heterocycles. The summed E-state index contributed by atoms with van der Waals surface area (Å²) in [5.41, 5.74) is 3.32. The molecule has 0 unspecified atom stereocenters. The van der Waals surface area contributed by atoms with Gasteiger partial charge in [0.15, 0.2) is 5.65 Å². The van der Waals surface area contributed by atoms with E-state index in [-0.39, 0.29) is 0 Å². The van der Waals surface area contributed by atoms with Crippen molar-refractivity contribution in [2.75, 3.05) is 12.4 Å². The number of nitrogens with zero attached hydrogens (tertiary/aromatic N) is 3. The number of nitrogens with one attached hydrogen (secondary N) is 1. The van der Waals surface area contributed by atoms with E-state index in [4.69, 9.17) is 4.98 Å². The molecule has 0 bridgehead atoms. The molecule has 0 aromatic carbocycles. The maximum absolute atomic E-state index is 4.85. The first-order valence-electron chi connectivity index (χ1n) is 7.23. The number of anilines is 1. The first kappa shape index (κ1) is 12.5. The summed E-state index contributed by atoms with van der Waals surface area (Å²) in [6.07, 6.45) is 7.33. The van der Waals surface area contributed by atoms with Crippen molar-refractivity contribution in [2.45, 2.75) is 45.4 Å². The molecule has 1 aliphatic rings. The lowest BCUT2D eigenvalue weighted by molar-refractivity contribution is 0.453. The van der Waals surface area contributed by atoms with Gasteiger partial charge in [0.05, 0.1) is 6.20 Å². The lowest BCUT2D eigenvalue weighted by atomic mass is 9.89. The van der Waals surface area contributed by atoms with Crippen LogP contribution in [0.5, 0.6) is 0 Å². The van der Waals surface area contributed by atoms with Crippen molar-refractivity contribution in [1.29, 1.82) is 0 Å². The molecule has 4 heteroatoms. The number of rotatable bonds is 3. The van der Waals surface area contributed by atoms with Gasteiger partial charge in [-0.1, -0.05) is 19.8 Å². The third-order valence-electron chi connectivity index (χ3n) is 4.50. The van der Waals surface area contributed by atoms with Crippen molar-refractivity contribution in [1.82, 2.24) is 14.6 Å². The van der Waals surface area contributed by atoms with Crippen LogP contribution in [0, 0.1) is 12.8 Å². The van der Waals surface area contributed by atoms with E-state index in [2.05, 4.69) is 30.3 Å². The standard InChI is InChI=1S/C15H22N4/c1-10-9-17-19-14(16-3)8-13(18-15(10)19)11(2)12-6-4-5-7-12/h8-9,11-12,16H,4-7H2,1-3H3/t11-/m0/s1. The average molecular weight is 258 g/mol. The normalized spacial score (nSPS) is 18.1. The Hall–Kier alpha value is -1.58. The molecular weight excluding hydrogens is 236 g/mol. The molecule has 0 saturated heterocycles. The van der Waals surface area contributed by atoms with Gasteiger partial charge in [0.2, 0.25) is 0 Å². The maximum Gasteiger partial charge on any atom is 0.160 e. The van der Waals surface area contributed by atoms with Gasteiger partial charge < -0.3 is 5.32 Å². The minimum atomic E-state index is 0.536. The van der Waals surface area contributed by atoms with Crippen LogP contribution >= 0.6 is 0 Å². The summed E-state index contributed by atoms with van der Waals surface area (Å²) < 4.78 is 1.89. The van der Waals surface area contributed by atoms with Gasteiger partial charge in [0, 0.05) is 30.3 Å². The van der Waals surface area contributed by atoms with Crippen LogP contribution in [0.1, 0.15) is 49.8 Å². The highest BCUT2D eigenvalue weighted by atomic mass is 15.3. The Balaban J connectivity index is 2.05. The monoisotopic (exact) mass is 258 g/mol. The van der Waals surface area contributed by atoms with Crippen molar-refractivity contribution in [3.8, 4) is 0 Å². The summed E-state index contributed by atoms with van der Waals surface area (Å²) in [5.74, 6) is 2.36. The molecule has 102 valence electrons. The van der Waals surface area contributed by atoms with E-state index in [0.717, 1.165) is 22.9 Å². The van der Waals surface area contributed by atoms with E-state index in [1.807, 2.05) is 17.8 Å². The number of fused-ring (bicyclic) bond motifs is 1. The van der Waals surface area contributed by atoms with Gasteiger partial charge in [-0.3, -0.25) is 0 Å². The molecule has 3 rings (SSSR count). The Labute approximate surface area is 114 Å². The lowest BCUT2D eigenvalue weighted by Gasteiger charge is -2.19. The van der Waals surface area contributed by atoms with Gasteiger partial charge in [-0.05, 0) is 25.7 Å². The van der Waals surface area contributed by atoms with Gasteiger partial charge in [0.1, 0.15) is 5.82 Å². The van der Waals surface area contributed by atoms with Gasteiger partial charge in [0.25, 0.3) is 0 Å². The SMILES string of the molecule is CNc1cc([C@@H](C)C2CCCC2)nc2c(C)cnn12. The smallest absolute Gasteiger partial charge is 0.160 e. The Morgan fingerprint density at radius 1 is 1.37 bits per heavy atom. The molecule has 2 aromatic rings. The summed E-state index contributed by atoms with van der Waals surface area (Å²) in [6.45, 7) is 4.39. The van der Waals surface area contributed by atoms with Crippen LogP contribution in [0.15, 0.2) is 12.3 Å². The zero-order valence-electron chi connectivity index (χ0n) is 12.0. The quantitative estimate of drug-likeness (QED) is 0.917. The van der Waals surface area contributed by atoms with Gasteiger partial charge in [-0.25, -0.2) is 4.98 Å². The number of aryl methyl sites for hydroxylation is 1. The molecule has 0 amide bonds. The zero-order valence-corrected chi connectivity index (χ0v) is 12.0. The van der Waals surface area contributed by atoms with E-state index in [9.17, 15) is 0 Å². The van der Waals surface area contributed by atoms with Crippen molar-refractivity contribution >= 4 is 11.5 Å². The van der Waals surface area contributed by atoms with Crippen molar-refractivity contribution < 1.29 is 0 Å². The lowest BCUT2D eigenvalue weighted by Crippen LogP contribution is -2.11. The molecule has 4 nitrogen and oxygen atoms in total. The van der Waals surface area contributed by atoms with Crippen LogP contribution in [0.3, 0.4) is 0 Å². The van der Waals surface area contributed by atoms with Crippen LogP contribution in [0.25, 0.3) is 5.65 Å². The summed E-state index contributed by atoms with van der Waals surface area (Å²) in [7, 11) is 1.94. The van der Waals surface area contributed by atoms with Gasteiger partial charge in [-0.2, -0.15) is 9.61 Å². The topological polar surface area (TPSA) is 42.2 Å². The predicted octanol–water partition coefficient (Wildman–Crippen LogP) is 3.37. The summed E-state index contributed by atoms with van der Waals surface area (Å²) in [6, 6.07) is 2.16. The van der Waals surface area contributed by atoms with Gasteiger partial charge in [-0.15, -0.1) is 0 Å². The fourth-order valence-corrected chi connectivity index (χ4v) is 3.20. The Morgan fingerprint density at radius 2 is 2.11 bits per heavy atom. The van der Waals surface area contributed by atoms with Gasteiger partial charge >= 0.3 is 0 Å². The molecule has 1 N–H and O–H groups in total. The minimum absolute atomic E-state index is 0.536. The molecule has 1 aliphatic carbocycles. The Morgan fingerprint density at radius 3 is 2.79 bits per heavy atom. The number of aromatic nitrogens is 3. The molecule has 0 radical (unpaired) electrons. The van der Waals surface area contributed by atoms with Crippen LogP contribution in [0.2, 0.25) is 0 Å². The van der Waals surface area contributed by atoms with Crippen LogP contribution in [-0.4, -0.2) is 21.6 Å². The third-order valence-corrected chi connectivity index (χ3v) is 4.50. The van der Waals surface area contributed by atoms with E-state index < -0.39 is 0 Å². The summed E-state index contributed by atoms with van der Waals surface area (Å²) >= 11 is 0. The molecule has 19 heavy (non-hydrogen) atoms. The largest absolute Gasteiger partial charge is 0.373 e. The van der Waals surface area contributed by atoms with Crippen LogP contribution in [0.4, 0.5) is 5.82 Å². The zero-order chi connectivity index (χ0) is 13.4. The first-order chi connectivity index (χ1) is 9.20.